The number of benzene rings is 2. The van der Waals surface area contributed by atoms with Crippen LogP contribution in [0.25, 0.3) is 0 Å². The number of halogens is 6. The van der Waals surface area contributed by atoms with Crippen LogP contribution in [0.2, 0.25) is 0 Å². The largest absolute Gasteiger partial charge is 0.207 e. The van der Waals surface area contributed by atoms with Gasteiger partial charge in [-0.2, -0.15) is 0 Å². The molecule has 1 unspecified atom stereocenters. The summed E-state index contributed by atoms with van der Waals surface area (Å²) in [6.45, 7) is 0. The number of hydrogen-bond donors (Lipinski definition) is 0. The van der Waals surface area contributed by atoms with Gasteiger partial charge < -0.3 is 0 Å². The Kier molecular flexibility index (Phi) is 4.70. The highest BCUT2D eigenvalue weighted by Gasteiger charge is 2.20. The van der Waals surface area contributed by atoms with Crippen molar-refractivity contribution in [2.45, 2.75) is 11.8 Å². The third-order valence-corrected chi connectivity index (χ3v) is 3.82. The Labute approximate surface area is 126 Å². The first-order chi connectivity index (χ1) is 9.40. The Bertz CT molecular complexity index is 625. The summed E-state index contributed by atoms with van der Waals surface area (Å²) in [6.07, 6.45) is -0.280. The van der Waals surface area contributed by atoms with E-state index in [9.17, 15) is 17.6 Å². The van der Waals surface area contributed by atoms with Gasteiger partial charge in [0.15, 0.2) is 0 Å². The van der Waals surface area contributed by atoms with E-state index in [1.165, 1.54) is 6.07 Å². The molecular weight excluding hydrogens is 360 g/mol. The second-order valence-electron chi connectivity index (χ2n) is 4.16. The van der Waals surface area contributed by atoms with Crippen molar-refractivity contribution in [2.75, 3.05) is 0 Å². The van der Waals surface area contributed by atoms with Gasteiger partial charge in [0.1, 0.15) is 23.3 Å². The van der Waals surface area contributed by atoms with Crippen molar-refractivity contribution >= 4 is 27.5 Å². The van der Waals surface area contributed by atoms with Crippen LogP contribution in [-0.4, -0.2) is 0 Å². The first-order valence-electron chi connectivity index (χ1n) is 5.61. The van der Waals surface area contributed by atoms with Gasteiger partial charge in [-0.25, -0.2) is 17.6 Å². The maximum Gasteiger partial charge on any atom is 0.137 e. The van der Waals surface area contributed by atoms with Gasteiger partial charge in [-0.3, -0.25) is 0 Å². The van der Waals surface area contributed by atoms with Gasteiger partial charge in [0, 0.05) is 11.1 Å². The molecule has 0 N–H and O–H groups in total. The summed E-state index contributed by atoms with van der Waals surface area (Å²) in [5.41, 5.74) is -0.398. The maximum absolute atomic E-state index is 13.7. The van der Waals surface area contributed by atoms with E-state index in [4.69, 9.17) is 11.6 Å². The maximum atomic E-state index is 13.7. The number of rotatable bonds is 3. The Hall–Kier alpha value is -1.07. The zero-order valence-corrected chi connectivity index (χ0v) is 12.3. The molecule has 0 heterocycles. The zero-order valence-electron chi connectivity index (χ0n) is 9.94. The molecule has 6 heteroatoms. The molecule has 0 amide bonds. The van der Waals surface area contributed by atoms with Crippen molar-refractivity contribution < 1.29 is 17.6 Å². The van der Waals surface area contributed by atoms with Crippen LogP contribution >= 0.6 is 27.5 Å². The molecule has 106 valence electrons. The molecule has 0 nitrogen and oxygen atoms in total. The lowest BCUT2D eigenvalue weighted by molar-refractivity contribution is 0.545. The van der Waals surface area contributed by atoms with Gasteiger partial charge in [0.05, 0.1) is 9.85 Å². The summed E-state index contributed by atoms with van der Waals surface area (Å²) in [6, 6.07) is 5.23. The van der Waals surface area contributed by atoms with Crippen LogP contribution < -0.4 is 0 Å². The third kappa shape index (κ3) is 3.15. The molecule has 0 aliphatic heterocycles. The lowest BCUT2D eigenvalue weighted by Gasteiger charge is -2.13. The molecule has 0 aromatic heterocycles. The smallest absolute Gasteiger partial charge is 0.137 e. The third-order valence-electron chi connectivity index (χ3n) is 2.82. The second-order valence-corrected chi connectivity index (χ2v) is 5.54. The average Bonchev–Trinajstić information content (AvgIpc) is 2.38. The van der Waals surface area contributed by atoms with Gasteiger partial charge in [-0.15, -0.1) is 11.6 Å². The Morgan fingerprint density at radius 2 is 1.55 bits per heavy atom. The minimum atomic E-state index is -1.08. The fourth-order valence-corrected chi connectivity index (χ4v) is 2.43. The molecule has 0 radical (unpaired) electrons. The van der Waals surface area contributed by atoms with E-state index >= 15 is 0 Å². The molecule has 20 heavy (non-hydrogen) atoms. The first-order valence-corrected chi connectivity index (χ1v) is 6.84. The van der Waals surface area contributed by atoms with Crippen LogP contribution in [0.5, 0.6) is 0 Å². The van der Waals surface area contributed by atoms with Crippen LogP contribution in [0.3, 0.4) is 0 Å². The molecule has 0 saturated carbocycles. The molecular formula is C14H8BrClF4. The number of alkyl halides is 1. The highest BCUT2D eigenvalue weighted by atomic mass is 79.9. The monoisotopic (exact) mass is 366 g/mol. The van der Waals surface area contributed by atoms with E-state index in [2.05, 4.69) is 15.9 Å². The average molecular weight is 368 g/mol. The van der Waals surface area contributed by atoms with Crippen LogP contribution in [-0.2, 0) is 6.42 Å². The summed E-state index contributed by atoms with van der Waals surface area (Å²) >= 11 is 8.80. The minimum absolute atomic E-state index is 0.0420. The summed E-state index contributed by atoms with van der Waals surface area (Å²) in [5.74, 6) is -2.97. The van der Waals surface area contributed by atoms with E-state index in [1.807, 2.05) is 0 Å². The van der Waals surface area contributed by atoms with E-state index < -0.39 is 28.6 Å². The fraction of sp³-hybridized carbons (Fsp3) is 0.143. The zero-order chi connectivity index (χ0) is 14.9. The Balaban J connectivity index is 2.33. The molecule has 0 fully saturated rings. The topological polar surface area (TPSA) is 0 Å². The van der Waals surface area contributed by atoms with Crippen molar-refractivity contribution in [3.63, 3.8) is 0 Å². The van der Waals surface area contributed by atoms with Crippen LogP contribution in [0, 0.1) is 23.3 Å². The van der Waals surface area contributed by atoms with Crippen molar-refractivity contribution in [3.8, 4) is 0 Å². The summed E-state index contributed by atoms with van der Waals surface area (Å²) in [4.78, 5) is 0. The Morgan fingerprint density at radius 3 is 2.15 bits per heavy atom. The van der Waals surface area contributed by atoms with Gasteiger partial charge in [0.25, 0.3) is 0 Å². The normalized spacial score (nSPS) is 12.5. The first kappa shape index (κ1) is 15.3. The van der Waals surface area contributed by atoms with Gasteiger partial charge >= 0.3 is 0 Å². The predicted molar refractivity (Wildman–Crippen MR) is 72.7 cm³/mol. The predicted octanol–water partition coefficient (Wildman–Crippen LogP) is 5.53. The van der Waals surface area contributed by atoms with Crippen LogP contribution in [0.15, 0.2) is 34.8 Å². The quantitative estimate of drug-likeness (QED) is 0.380. The lowest BCUT2D eigenvalue weighted by Crippen LogP contribution is -2.04. The summed E-state index contributed by atoms with van der Waals surface area (Å²) in [5, 5.41) is -1.08. The van der Waals surface area contributed by atoms with Crippen molar-refractivity contribution in [3.05, 3.63) is 69.2 Å². The van der Waals surface area contributed by atoms with Crippen molar-refractivity contribution in [1.82, 2.24) is 0 Å². The summed E-state index contributed by atoms with van der Waals surface area (Å²) < 4.78 is 54.1. The van der Waals surface area contributed by atoms with Crippen LogP contribution in [0.4, 0.5) is 17.6 Å². The fourth-order valence-electron chi connectivity index (χ4n) is 1.79. The SMILES string of the molecule is Fc1cc(C(Cl)Cc2c(F)cccc2F)c(F)cc1Br. The summed E-state index contributed by atoms with van der Waals surface area (Å²) in [7, 11) is 0. The molecule has 0 bridgehead atoms. The van der Waals surface area contributed by atoms with Crippen molar-refractivity contribution in [2.24, 2.45) is 0 Å². The molecule has 0 aliphatic rings. The van der Waals surface area contributed by atoms with Gasteiger partial charge in [-0.1, -0.05) is 6.07 Å². The van der Waals surface area contributed by atoms with Crippen LogP contribution in [0.1, 0.15) is 16.5 Å². The molecule has 0 saturated heterocycles. The van der Waals surface area contributed by atoms with Crippen molar-refractivity contribution in [1.29, 1.82) is 0 Å². The molecule has 0 spiro atoms. The van der Waals surface area contributed by atoms with E-state index in [0.29, 0.717) is 0 Å². The van der Waals surface area contributed by atoms with E-state index in [0.717, 1.165) is 24.3 Å². The van der Waals surface area contributed by atoms with E-state index in [1.54, 1.807) is 0 Å². The molecule has 2 aromatic rings. The minimum Gasteiger partial charge on any atom is -0.207 e. The molecule has 1 atom stereocenters. The Morgan fingerprint density at radius 1 is 0.950 bits per heavy atom. The highest BCUT2D eigenvalue weighted by Crippen LogP contribution is 2.31. The van der Waals surface area contributed by atoms with Gasteiger partial charge in [-0.05, 0) is 46.6 Å². The number of hydrogen-bond acceptors (Lipinski definition) is 0. The molecule has 2 rings (SSSR count). The highest BCUT2D eigenvalue weighted by molar-refractivity contribution is 9.10. The second kappa shape index (κ2) is 6.14. The standard InChI is InChI=1S/C14H8BrClF4/c15-9-6-13(19)7(5-14(9)20)10(16)4-8-11(17)2-1-3-12(8)18/h1-3,5-6,10H,4H2. The van der Waals surface area contributed by atoms with Gasteiger partial charge in [0.2, 0.25) is 0 Å². The lowest BCUT2D eigenvalue weighted by atomic mass is 10.0. The molecule has 2 aromatic carbocycles. The molecule has 0 aliphatic carbocycles. The van der Waals surface area contributed by atoms with E-state index in [-0.39, 0.29) is 22.0 Å².